The van der Waals surface area contributed by atoms with Crippen molar-refractivity contribution in [1.29, 1.82) is 5.26 Å². The van der Waals surface area contributed by atoms with Crippen molar-refractivity contribution in [2.24, 2.45) is 0 Å². The van der Waals surface area contributed by atoms with Gasteiger partial charge in [0.2, 0.25) is 0 Å². The van der Waals surface area contributed by atoms with Crippen LogP contribution in [0.25, 0.3) is 0 Å². The summed E-state index contributed by atoms with van der Waals surface area (Å²) in [6.07, 6.45) is 1.17. The molecule has 2 amide bonds. The Morgan fingerprint density at radius 1 is 1.50 bits per heavy atom. The number of rotatable bonds is 2. The average Bonchev–Trinajstić information content (AvgIpc) is 2.95. The van der Waals surface area contributed by atoms with Crippen LogP contribution in [0.1, 0.15) is 18.4 Å². The van der Waals surface area contributed by atoms with Crippen LogP contribution in [0.15, 0.2) is 24.3 Å². The highest BCUT2D eigenvalue weighted by Gasteiger charge is 2.35. The van der Waals surface area contributed by atoms with Gasteiger partial charge in [0.05, 0.1) is 11.6 Å². The van der Waals surface area contributed by atoms with E-state index in [1.807, 2.05) is 6.07 Å². The number of anilines is 1. The summed E-state index contributed by atoms with van der Waals surface area (Å²) in [6.45, 7) is 0.443. The van der Waals surface area contributed by atoms with Gasteiger partial charge in [0, 0.05) is 19.3 Å². The molecule has 6 nitrogen and oxygen atoms in total. The molecule has 1 heterocycles. The minimum absolute atomic E-state index is 0.356. The molecule has 104 valence electrons. The summed E-state index contributed by atoms with van der Waals surface area (Å²) in [5.41, 5.74) is 1.03. The lowest BCUT2D eigenvalue weighted by Crippen LogP contribution is -2.46. The van der Waals surface area contributed by atoms with Crippen LogP contribution in [-0.4, -0.2) is 41.6 Å². The maximum Gasteiger partial charge on any atom is 0.326 e. The summed E-state index contributed by atoms with van der Waals surface area (Å²) in [4.78, 5) is 26.2. The van der Waals surface area contributed by atoms with Crippen LogP contribution in [0, 0.1) is 11.3 Å². The summed E-state index contributed by atoms with van der Waals surface area (Å²) in [5, 5.41) is 18.0. The molecule has 1 unspecified atom stereocenters. The number of nitrogens with zero attached hydrogens (tertiary/aromatic N) is 3. The van der Waals surface area contributed by atoms with E-state index in [9.17, 15) is 9.59 Å². The molecule has 1 atom stereocenters. The van der Waals surface area contributed by atoms with Gasteiger partial charge in [-0.3, -0.25) is 4.90 Å². The van der Waals surface area contributed by atoms with Crippen molar-refractivity contribution in [2.75, 3.05) is 18.5 Å². The SMILES string of the molecule is CN(C(=O)N1CCCC1C(=O)O)c1cccc(C#N)c1. The summed E-state index contributed by atoms with van der Waals surface area (Å²) < 4.78 is 0. The van der Waals surface area contributed by atoms with E-state index in [1.165, 1.54) is 9.80 Å². The molecule has 1 saturated heterocycles. The molecule has 0 aliphatic carbocycles. The molecule has 1 N–H and O–H groups in total. The molecule has 0 radical (unpaired) electrons. The fraction of sp³-hybridized carbons (Fsp3) is 0.357. The molecule has 1 fully saturated rings. The first-order valence-corrected chi connectivity index (χ1v) is 6.32. The summed E-state index contributed by atoms with van der Waals surface area (Å²) >= 11 is 0. The number of aliphatic carboxylic acids is 1. The van der Waals surface area contributed by atoms with E-state index in [4.69, 9.17) is 10.4 Å². The summed E-state index contributed by atoms with van der Waals surface area (Å²) in [7, 11) is 1.58. The Bertz CT molecular complexity index is 579. The van der Waals surface area contributed by atoms with Crippen LogP contribution in [0.3, 0.4) is 0 Å². The fourth-order valence-corrected chi connectivity index (χ4v) is 2.34. The summed E-state index contributed by atoms with van der Waals surface area (Å²) in [6, 6.07) is 7.55. The number of carbonyl (C=O) groups excluding carboxylic acids is 1. The Morgan fingerprint density at radius 3 is 2.90 bits per heavy atom. The Kier molecular flexibility index (Phi) is 3.89. The lowest BCUT2D eigenvalue weighted by Gasteiger charge is -2.27. The van der Waals surface area contributed by atoms with Crippen LogP contribution in [0.5, 0.6) is 0 Å². The molecule has 1 aromatic rings. The first-order chi connectivity index (χ1) is 9.54. The van der Waals surface area contributed by atoms with E-state index in [0.29, 0.717) is 30.6 Å². The standard InChI is InChI=1S/C14H15N3O3/c1-16(11-5-2-4-10(8-11)9-15)14(20)17-7-3-6-12(17)13(18)19/h2,4-5,8,12H,3,6-7H2,1H3,(H,18,19). The van der Waals surface area contributed by atoms with Crippen LogP contribution in [0.4, 0.5) is 10.5 Å². The molecule has 2 rings (SSSR count). The number of carboxylic acids is 1. The number of carboxylic acid groups (broad SMARTS) is 1. The highest BCUT2D eigenvalue weighted by molar-refractivity contribution is 5.94. The second kappa shape index (κ2) is 5.61. The number of likely N-dealkylation sites (tertiary alicyclic amines) is 1. The number of nitriles is 1. The number of carbonyl (C=O) groups is 2. The number of urea groups is 1. The highest BCUT2D eigenvalue weighted by Crippen LogP contribution is 2.22. The zero-order chi connectivity index (χ0) is 14.7. The molecule has 0 saturated carbocycles. The highest BCUT2D eigenvalue weighted by atomic mass is 16.4. The van der Waals surface area contributed by atoms with Gasteiger partial charge in [-0.2, -0.15) is 5.26 Å². The second-order valence-corrected chi connectivity index (χ2v) is 4.69. The van der Waals surface area contributed by atoms with E-state index in [2.05, 4.69) is 0 Å². The van der Waals surface area contributed by atoms with Crippen molar-refractivity contribution in [3.8, 4) is 6.07 Å². The van der Waals surface area contributed by atoms with Crippen molar-refractivity contribution >= 4 is 17.7 Å². The van der Waals surface area contributed by atoms with Gasteiger partial charge in [-0.05, 0) is 31.0 Å². The minimum atomic E-state index is -0.977. The lowest BCUT2D eigenvalue weighted by atomic mass is 10.2. The van der Waals surface area contributed by atoms with E-state index in [-0.39, 0.29) is 6.03 Å². The average molecular weight is 273 g/mol. The van der Waals surface area contributed by atoms with Crippen LogP contribution >= 0.6 is 0 Å². The van der Waals surface area contributed by atoms with Gasteiger partial charge in [0.25, 0.3) is 0 Å². The topological polar surface area (TPSA) is 84.6 Å². The van der Waals surface area contributed by atoms with Gasteiger partial charge >= 0.3 is 12.0 Å². The molecule has 6 heteroatoms. The quantitative estimate of drug-likeness (QED) is 0.888. The van der Waals surface area contributed by atoms with E-state index < -0.39 is 12.0 Å². The molecular weight excluding hydrogens is 258 g/mol. The van der Waals surface area contributed by atoms with E-state index >= 15 is 0 Å². The van der Waals surface area contributed by atoms with Crippen LogP contribution in [0.2, 0.25) is 0 Å². The lowest BCUT2D eigenvalue weighted by molar-refractivity contribution is -0.141. The minimum Gasteiger partial charge on any atom is -0.480 e. The zero-order valence-corrected chi connectivity index (χ0v) is 11.1. The maximum absolute atomic E-state index is 12.4. The van der Waals surface area contributed by atoms with E-state index in [1.54, 1.807) is 31.3 Å². The smallest absolute Gasteiger partial charge is 0.326 e. The Morgan fingerprint density at radius 2 is 2.25 bits per heavy atom. The Labute approximate surface area is 116 Å². The molecule has 0 bridgehead atoms. The van der Waals surface area contributed by atoms with Crippen LogP contribution in [-0.2, 0) is 4.79 Å². The zero-order valence-electron chi connectivity index (χ0n) is 11.1. The molecule has 0 aromatic heterocycles. The largest absolute Gasteiger partial charge is 0.480 e. The maximum atomic E-state index is 12.4. The Balaban J connectivity index is 2.20. The predicted molar refractivity (Wildman–Crippen MR) is 72.3 cm³/mol. The number of benzene rings is 1. The third-order valence-corrected chi connectivity index (χ3v) is 3.43. The van der Waals surface area contributed by atoms with Crippen molar-refractivity contribution < 1.29 is 14.7 Å². The Hall–Kier alpha value is -2.55. The first-order valence-electron chi connectivity index (χ1n) is 6.32. The number of hydrogen-bond acceptors (Lipinski definition) is 3. The normalized spacial score (nSPS) is 17.6. The number of amides is 2. The number of hydrogen-bond donors (Lipinski definition) is 1. The molecule has 0 spiro atoms. The van der Waals surface area contributed by atoms with Crippen molar-refractivity contribution in [1.82, 2.24) is 4.90 Å². The molecule has 1 aromatic carbocycles. The van der Waals surface area contributed by atoms with Gasteiger partial charge in [-0.25, -0.2) is 9.59 Å². The van der Waals surface area contributed by atoms with Crippen molar-refractivity contribution in [2.45, 2.75) is 18.9 Å². The van der Waals surface area contributed by atoms with Gasteiger partial charge in [0.15, 0.2) is 0 Å². The fourth-order valence-electron chi connectivity index (χ4n) is 2.34. The van der Waals surface area contributed by atoms with Crippen molar-refractivity contribution in [3.63, 3.8) is 0 Å². The monoisotopic (exact) mass is 273 g/mol. The van der Waals surface area contributed by atoms with Crippen LogP contribution < -0.4 is 4.90 Å². The third-order valence-electron chi connectivity index (χ3n) is 3.43. The molecule has 1 aliphatic rings. The van der Waals surface area contributed by atoms with Gasteiger partial charge in [0.1, 0.15) is 6.04 Å². The molecule has 20 heavy (non-hydrogen) atoms. The van der Waals surface area contributed by atoms with Crippen molar-refractivity contribution in [3.05, 3.63) is 29.8 Å². The molecule has 1 aliphatic heterocycles. The second-order valence-electron chi connectivity index (χ2n) is 4.69. The summed E-state index contributed by atoms with van der Waals surface area (Å²) in [5.74, 6) is -0.977. The van der Waals surface area contributed by atoms with E-state index in [0.717, 1.165) is 0 Å². The van der Waals surface area contributed by atoms with Gasteiger partial charge in [-0.1, -0.05) is 6.07 Å². The van der Waals surface area contributed by atoms with Gasteiger partial charge < -0.3 is 10.0 Å². The molecular formula is C14H15N3O3. The first kappa shape index (κ1) is 13.9. The third kappa shape index (κ3) is 2.57. The predicted octanol–water partition coefficient (Wildman–Crippen LogP) is 1.66. The van der Waals surface area contributed by atoms with Gasteiger partial charge in [-0.15, -0.1) is 0 Å².